The molecule has 2 heterocycles. The van der Waals surface area contributed by atoms with E-state index in [1.807, 2.05) is 18.2 Å². The molecule has 3 nitrogen and oxygen atoms in total. The largest absolute Gasteiger partial charge is 0.340 e. The predicted molar refractivity (Wildman–Crippen MR) is 105 cm³/mol. The highest BCUT2D eigenvalue weighted by molar-refractivity contribution is 9.10. The second-order valence-corrected chi connectivity index (χ2v) is 7.39. The van der Waals surface area contributed by atoms with E-state index in [4.69, 9.17) is 0 Å². The molecule has 118 valence electrons. The molecule has 0 unspecified atom stereocenters. The number of nitrogens with one attached hydrogen (secondary N) is 1. The summed E-state index contributed by atoms with van der Waals surface area (Å²) in [5, 5.41) is 4.45. The molecule has 0 atom stereocenters. The highest BCUT2D eigenvalue weighted by Gasteiger charge is 2.10. The number of thiophene rings is 1. The summed E-state index contributed by atoms with van der Waals surface area (Å²) in [5.74, 6) is 0.828. The monoisotopic (exact) mass is 395 g/mol. The van der Waals surface area contributed by atoms with Crippen molar-refractivity contribution in [3.63, 3.8) is 0 Å². The van der Waals surface area contributed by atoms with Gasteiger partial charge in [-0.3, -0.25) is 0 Å². The fourth-order valence-corrected chi connectivity index (χ4v) is 3.89. The molecule has 0 spiro atoms. The lowest BCUT2D eigenvalue weighted by molar-refractivity contribution is 1.23. The maximum atomic E-state index is 4.43. The van der Waals surface area contributed by atoms with Crippen LogP contribution in [-0.2, 0) is 0 Å². The molecule has 1 N–H and O–H groups in total. The van der Waals surface area contributed by atoms with Crippen LogP contribution in [0, 0.1) is 6.92 Å². The Morgan fingerprint density at radius 1 is 1.00 bits per heavy atom. The van der Waals surface area contributed by atoms with Crippen molar-refractivity contribution >= 4 is 49.0 Å². The fraction of sp³-hybridized carbons (Fsp3) is 0.0526. The summed E-state index contributed by atoms with van der Waals surface area (Å²) in [7, 11) is 0. The Kier molecular flexibility index (Phi) is 4.04. The van der Waals surface area contributed by atoms with Crippen molar-refractivity contribution in [1.29, 1.82) is 0 Å². The van der Waals surface area contributed by atoms with E-state index in [0.717, 1.165) is 26.2 Å². The van der Waals surface area contributed by atoms with Gasteiger partial charge in [-0.05, 0) is 36.2 Å². The number of hydrogen-bond acceptors (Lipinski definition) is 4. The van der Waals surface area contributed by atoms with Crippen molar-refractivity contribution in [3.05, 3.63) is 71.0 Å². The van der Waals surface area contributed by atoms with Gasteiger partial charge in [0, 0.05) is 15.0 Å². The average Bonchev–Trinajstić information content (AvgIpc) is 3.04. The lowest BCUT2D eigenvalue weighted by Crippen LogP contribution is -1.94. The molecule has 0 saturated heterocycles. The fourth-order valence-electron chi connectivity index (χ4n) is 2.51. The van der Waals surface area contributed by atoms with E-state index in [1.54, 1.807) is 17.7 Å². The minimum Gasteiger partial charge on any atom is -0.340 e. The van der Waals surface area contributed by atoms with Crippen molar-refractivity contribution < 1.29 is 0 Å². The highest BCUT2D eigenvalue weighted by Crippen LogP contribution is 2.35. The van der Waals surface area contributed by atoms with Gasteiger partial charge < -0.3 is 5.32 Å². The summed E-state index contributed by atoms with van der Waals surface area (Å²) >= 11 is 5.25. The number of aromatic nitrogens is 2. The van der Waals surface area contributed by atoms with Crippen molar-refractivity contribution in [2.75, 3.05) is 5.32 Å². The van der Waals surface area contributed by atoms with Crippen LogP contribution in [0.25, 0.3) is 20.7 Å². The quantitative estimate of drug-likeness (QED) is 0.450. The zero-order chi connectivity index (χ0) is 16.5. The predicted octanol–water partition coefficient (Wildman–Crippen LogP) is 6.17. The smallest absolute Gasteiger partial charge is 0.142 e. The molecule has 0 bridgehead atoms. The molecule has 0 aliphatic carbocycles. The van der Waals surface area contributed by atoms with E-state index in [-0.39, 0.29) is 0 Å². The number of aryl methyl sites for hydroxylation is 1. The Hall–Kier alpha value is -2.24. The van der Waals surface area contributed by atoms with Gasteiger partial charge in [-0.25, -0.2) is 9.97 Å². The van der Waals surface area contributed by atoms with Gasteiger partial charge in [-0.1, -0.05) is 52.3 Å². The van der Waals surface area contributed by atoms with E-state index < -0.39 is 0 Å². The Morgan fingerprint density at radius 2 is 1.83 bits per heavy atom. The molecule has 0 saturated carbocycles. The van der Waals surface area contributed by atoms with Gasteiger partial charge in [-0.15, -0.1) is 11.3 Å². The van der Waals surface area contributed by atoms with Crippen LogP contribution in [0.5, 0.6) is 0 Å². The number of anilines is 2. The second-order valence-electron chi connectivity index (χ2n) is 5.51. The first-order chi connectivity index (χ1) is 11.7. The molecule has 0 aliphatic rings. The normalized spacial score (nSPS) is 10.9. The Morgan fingerprint density at radius 3 is 2.62 bits per heavy atom. The first kappa shape index (κ1) is 15.3. The van der Waals surface area contributed by atoms with Crippen LogP contribution in [0.3, 0.4) is 0 Å². The molecular weight excluding hydrogens is 382 g/mol. The third-order valence-corrected chi connectivity index (χ3v) is 5.77. The number of nitrogens with zero attached hydrogens (tertiary/aromatic N) is 2. The van der Waals surface area contributed by atoms with E-state index >= 15 is 0 Å². The topological polar surface area (TPSA) is 37.8 Å². The van der Waals surface area contributed by atoms with Crippen LogP contribution in [0.1, 0.15) is 5.56 Å². The molecule has 24 heavy (non-hydrogen) atoms. The summed E-state index contributed by atoms with van der Waals surface area (Å²) in [6.07, 6.45) is 1.61. The third-order valence-electron chi connectivity index (χ3n) is 3.82. The first-order valence-electron chi connectivity index (χ1n) is 7.54. The molecule has 0 amide bonds. The molecular formula is C19H14BrN3S. The number of fused-ring (bicyclic) bond motifs is 1. The standard InChI is InChI=1S/C19H14BrN3S/c1-12-7-8-14(9-16(12)20)23-18-15-10-17(13-5-3-2-4-6-13)24-19(15)22-11-21-18/h2-11H,1H3,(H,21,22,23). The molecule has 0 fully saturated rings. The van der Waals surface area contributed by atoms with Gasteiger partial charge in [0.2, 0.25) is 0 Å². The molecule has 2 aromatic carbocycles. The van der Waals surface area contributed by atoms with Gasteiger partial charge in [0.15, 0.2) is 0 Å². The summed E-state index contributed by atoms with van der Waals surface area (Å²) in [6, 6.07) is 18.7. The maximum absolute atomic E-state index is 4.43. The number of benzene rings is 2. The van der Waals surface area contributed by atoms with Crippen LogP contribution >= 0.6 is 27.3 Å². The molecule has 4 rings (SSSR count). The number of hydrogen-bond donors (Lipinski definition) is 1. The molecule has 2 aromatic heterocycles. The number of rotatable bonds is 3. The average molecular weight is 396 g/mol. The van der Waals surface area contributed by atoms with E-state index in [1.165, 1.54) is 16.0 Å². The van der Waals surface area contributed by atoms with Crippen LogP contribution < -0.4 is 5.32 Å². The minimum atomic E-state index is 0.828. The lowest BCUT2D eigenvalue weighted by Gasteiger charge is -2.08. The lowest BCUT2D eigenvalue weighted by atomic mass is 10.2. The van der Waals surface area contributed by atoms with Gasteiger partial charge in [0.05, 0.1) is 5.39 Å². The third kappa shape index (κ3) is 2.92. The summed E-state index contributed by atoms with van der Waals surface area (Å²) in [6.45, 7) is 2.07. The molecule has 0 aliphatic heterocycles. The van der Waals surface area contributed by atoms with Gasteiger partial charge >= 0.3 is 0 Å². The zero-order valence-electron chi connectivity index (χ0n) is 13.0. The zero-order valence-corrected chi connectivity index (χ0v) is 15.4. The van der Waals surface area contributed by atoms with Crippen LogP contribution in [-0.4, -0.2) is 9.97 Å². The minimum absolute atomic E-state index is 0.828. The van der Waals surface area contributed by atoms with Crippen molar-refractivity contribution in [1.82, 2.24) is 9.97 Å². The van der Waals surface area contributed by atoms with E-state index in [9.17, 15) is 0 Å². The van der Waals surface area contributed by atoms with Crippen LogP contribution in [0.2, 0.25) is 0 Å². The highest BCUT2D eigenvalue weighted by atomic mass is 79.9. The molecule has 4 aromatic rings. The summed E-state index contributed by atoms with van der Waals surface area (Å²) < 4.78 is 1.08. The van der Waals surface area contributed by atoms with Gasteiger partial charge in [0.1, 0.15) is 17.0 Å². The summed E-state index contributed by atoms with van der Waals surface area (Å²) in [4.78, 5) is 11.0. The van der Waals surface area contributed by atoms with Gasteiger partial charge in [0.25, 0.3) is 0 Å². The summed E-state index contributed by atoms with van der Waals surface area (Å²) in [5.41, 5.74) is 3.40. The maximum Gasteiger partial charge on any atom is 0.142 e. The van der Waals surface area contributed by atoms with E-state index in [0.29, 0.717) is 0 Å². The first-order valence-corrected chi connectivity index (χ1v) is 9.15. The second kappa shape index (κ2) is 6.34. The molecule has 0 radical (unpaired) electrons. The van der Waals surface area contributed by atoms with Crippen molar-refractivity contribution in [3.8, 4) is 10.4 Å². The Bertz CT molecular complexity index is 1010. The van der Waals surface area contributed by atoms with Crippen molar-refractivity contribution in [2.45, 2.75) is 6.92 Å². The van der Waals surface area contributed by atoms with Crippen molar-refractivity contribution in [2.24, 2.45) is 0 Å². The van der Waals surface area contributed by atoms with Crippen LogP contribution in [0.4, 0.5) is 11.5 Å². The van der Waals surface area contributed by atoms with Crippen LogP contribution in [0.15, 0.2) is 65.4 Å². The van der Waals surface area contributed by atoms with E-state index in [2.05, 4.69) is 74.5 Å². The molecule has 5 heteroatoms. The Labute approximate surface area is 152 Å². The number of halogens is 1. The van der Waals surface area contributed by atoms with Gasteiger partial charge in [-0.2, -0.15) is 0 Å². The Balaban J connectivity index is 1.76. The SMILES string of the molecule is Cc1ccc(Nc2ncnc3sc(-c4ccccc4)cc23)cc1Br.